The largest absolute Gasteiger partial charge is 0.324 e. The van der Waals surface area contributed by atoms with Gasteiger partial charge in [0.1, 0.15) is 5.82 Å². The Morgan fingerprint density at radius 1 is 1.42 bits per heavy atom. The molecule has 0 radical (unpaired) electrons. The van der Waals surface area contributed by atoms with Crippen LogP contribution in [0.3, 0.4) is 0 Å². The summed E-state index contributed by atoms with van der Waals surface area (Å²) in [5.41, 5.74) is 0.178. The van der Waals surface area contributed by atoms with Crippen molar-refractivity contribution in [3.05, 3.63) is 61.6 Å². The molecule has 0 saturated heterocycles. The summed E-state index contributed by atoms with van der Waals surface area (Å²) in [6, 6.07) is 7.85. The van der Waals surface area contributed by atoms with Crippen molar-refractivity contribution in [3.63, 3.8) is 0 Å². The number of amides is 1. The number of nitrogens with one attached hydrogen (secondary N) is 2. The molecule has 0 aliphatic rings. The zero-order valence-corrected chi connectivity index (χ0v) is 15.5. The first-order chi connectivity index (χ1) is 12.5. The van der Waals surface area contributed by atoms with E-state index in [2.05, 4.69) is 20.5 Å². The summed E-state index contributed by atoms with van der Waals surface area (Å²) in [7, 11) is 0. The summed E-state index contributed by atoms with van der Waals surface area (Å²) in [6.07, 6.45) is 0.663. The van der Waals surface area contributed by atoms with Crippen molar-refractivity contribution < 1.29 is 9.72 Å². The van der Waals surface area contributed by atoms with Crippen molar-refractivity contribution in [1.82, 2.24) is 15.2 Å². The van der Waals surface area contributed by atoms with Gasteiger partial charge in [0.15, 0.2) is 0 Å². The van der Waals surface area contributed by atoms with Crippen molar-refractivity contribution in [1.29, 1.82) is 0 Å². The molecule has 1 aromatic carbocycles. The van der Waals surface area contributed by atoms with Crippen molar-refractivity contribution in [2.24, 2.45) is 0 Å². The van der Waals surface area contributed by atoms with Gasteiger partial charge in [0.2, 0.25) is 11.1 Å². The number of thiophene rings is 1. The van der Waals surface area contributed by atoms with E-state index >= 15 is 0 Å². The van der Waals surface area contributed by atoms with Gasteiger partial charge in [-0.25, -0.2) is 4.98 Å². The first-order valence-electron chi connectivity index (χ1n) is 7.31. The summed E-state index contributed by atoms with van der Waals surface area (Å²) < 4.78 is 0. The minimum Gasteiger partial charge on any atom is -0.324 e. The number of rotatable bonds is 7. The van der Waals surface area contributed by atoms with Gasteiger partial charge in [-0.3, -0.25) is 20.0 Å². The number of H-pyrrole nitrogens is 1. The molecule has 0 aliphatic heterocycles. The lowest BCUT2D eigenvalue weighted by Gasteiger charge is -2.06. The molecule has 2 heterocycles. The lowest BCUT2D eigenvalue weighted by molar-refractivity contribution is -0.384. The maximum Gasteiger partial charge on any atom is 0.271 e. The first kappa shape index (κ1) is 18.4. The van der Waals surface area contributed by atoms with E-state index in [0.29, 0.717) is 17.3 Å². The normalized spacial score (nSPS) is 10.7. The molecule has 2 aromatic heterocycles. The number of aromatic amines is 1. The number of halogens is 1. The van der Waals surface area contributed by atoms with E-state index in [1.807, 2.05) is 17.5 Å². The van der Waals surface area contributed by atoms with Crippen LogP contribution in [-0.2, 0) is 11.2 Å². The highest BCUT2D eigenvalue weighted by atomic mass is 35.5. The Labute approximate surface area is 161 Å². The van der Waals surface area contributed by atoms with Crippen LogP contribution in [0.25, 0.3) is 0 Å². The third kappa shape index (κ3) is 4.81. The van der Waals surface area contributed by atoms with Crippen molar-refractivity contribution in [3.8, 4) is 0 Å². The number of hydrogen-bond acceptors (Lipinski definition) is 7. The van der Waals surface area contributed by atoms with Crippen LogP contribution < -0.4 is 5.32 Å². The molecule has 3 rings (SSSR count). The molecule has 0 bridgehead atoms. The second-order valence-electron chi connectivity index (χ2n) is 5.08. The van der Waals surface area contributed by atoms with Crippen LogP contribution in [0.5, 0.6) is 0 Å². The first-order valence-corrected chi connectivity index (χ1v) is 9.56. The Morgan fingerprint density at radius 2 is 2.27 bits per heavy atom. The van der Waals surface area contributed by atoms with Crippen LogP contribution in [-0.4, -0.2) is 31.8 Å². The maximum absolute atomic E-state index is 12.0. The SMILES string of the molecule is O=C(CSc1n[nH]c(Cc2cccs2)n1)Nc1ccc([N+](=O)[O-])cc1Cl. The Bertz CT molecular complexity index is 929. The Morgan fingerprint density at radius 3 is 2.96 bits per heavy atom. The fourth-order valence-electron chi connectivity index (χ4n) is 2.03. The smallest absolute Gasteiger partial charge is 0.271 e. The molecular weight excluding hydrogens is 398 g/mol. The van der Waals surface area contributed by atoms with E-state index in [0.717, 1.165) is 5.82 Å². The third-order valence-corrected chi connectivity index (χ3v) is 5.24. The van der Waals surface area contributed by atoms with Gasteiger partial charge >= 0.3 is 0 Å². The topological polar surface area (TPSA) is 114 Å². The minimum atomic E-state index is -0.551. The minimum absolute atomic E-state index is 0.0869. The van der Waals surface area contributed by atoms with E-state index in [1.165, 1.54) is 34.8 Å². The van der Waals surface area contributed by atoms with Gasteiger partial charge in [0.05, 0.1) is 21.4 Å². The summed E-state index contributed by atoms with van der Waals surface area (Å²) in [4.78, 5) is 27.7. The Hall–Kier alpha value is -2.43. The molecule has 0 fully saturated rings. The molecule has 0 aliphatic carbocycles. The highest BCUT2D eigenvalue weighted by Gasteiger charge is 2.13. The van der Waals surface area contributed by atoms with Crippen LogP contribution in [0.4, 0.5) is 11.4 Å². The number of aromatic nitrogens is 3. The second kappa shape index (κ2) is 8.30. The molecule has 0 saturated carbocycles. The zero-order valence-electron chi connectivity index (χ0n) is 13.1. The number of benzene rings is 1. The molecule has 1 amide bonds. The van der Waals surface area contributed by atoms with Crippen molar-refractivity contribution in [2.75, 3.05) is 11.1 Å². The van der Waals surface area contributed by atoms with Crippen LogP contribution in [0.1, 0.15) is 10.7 Å². The van der Waals surface area contributed by atoms with E-state index in [4.69, 9.17) is 11.6 Å². The van der Waals surface area contributed by atoms with Crippen LogP contribution in [0, 0.1) is 10.1 Å². The summed E-state index contributed by atoms with van der Waals surface area (Å²) >= 11 is 8.77. The standard InChI is InChI=1S/C15H12ClN5O3S2/c16-11-6-9(21(23)24)3-4-12(11)17-14(22)8-26-15-18-13(19-20-15)7-10-2-1-5-25-10/h1-6H,7-8H2,(H,17,22)(H,18,19,20). The van der Waals surface area contributed by atoms with Gasteiger partial charge in [-0.2, -0.15) is 0 Å². The van der Waals surface area contributed by atoms with Crippen molar-refractivity contribution in [2.45, 2.75) is 11.6 Å². The maximum atomic E-state index is 12.0. The summed E-state index contributed by atoms with van der Waals surface area (Å²) in [6.45, 7) is 0. The van der Waals surface area contributed by atoms with Gasteiger partial charge < -0.3 is 5.32 Å². The fourth-order valence-corrected chi connectivity index (χ4v) is 3.58. The molecule has 2 N–H and O–H groups in total. The van der Waals surface area contributed by atoms with Crippen LogP contribution in [0.2, 0.25) is 5.02 Å². The van der Waals surface area contributed by atoms with E-state index in [-0.39, 0.29) is 22.4 Å². The predicted octanol–water partition coefficient (Wildman–Crippen LogP) is 3.75. The lowest BCUT2D eigenvalue weighted by Crippen LogP contribution is -2.14. The third-order valence-electron chi connectivity index (χ3n) is 3.20. The summed E-state index contributed by atoms with van der Waals surface area (Å²) in [5, 5.41) is 22.8. The lowest BCUT2D eigenvalue weighted by atomic mass is 10.3. The zero-order chi connectivity index (χ0) is 18.5. The molecule has 8 nitrogen and oxygen atoms in total. The number of carbonyl (C=O) groups excluding carboxylic acids is 1. The number of anilines is 1. The molecule has 0 spiro atoms. The molecule has 11 heteroatoms. The van der Waals surface area contributed by atoms with Gasteiger partial charge in [-0.15, -0.1) is 16.4 Å². The quantitative estimate of drug-likeness (QED) is 0.349. The molecule has 3 aromatic rings. The molecular formula is C15H12ClN5O3S2. The molecule has 134 valence electrons. The number of non-ortho nitro benzene ring substituents is 1. The van der Waals surface area contributed by atoms with Gasteiger partial charge in [-0.05, 0) is 17.5 Å². The number of nitro groups is 1. The van der Waals surface area contributed by atoms with E-state index in [9.17, 15) is 14.9 Å². The molecule has 26 heavy (non-hydrogen) atoms. The van der Waals surface area contributed by atoms with Gasteiger partial charge in [0, 0.05) is 23.4 Å². The number of nitro benzene ring substituents is 1. The molecule has 0 unspecified atom stereocenters. The highest BCUT2D eigenvalue weighted by Crippen LogP contribution is 2.27. The van der Waals surface area contributed by atoms with E-state index in [1.54, 1.807) is 11.3 Å². The van der Waals surface area contributed by atoms with E-state index < -0.39 is 4.92 Å². The number of thioether (sulfide) groups is 1. The van der Waals surface area contributed by atoms with Gasteiger partial charge in [-0.1, -0.05) is 29.4 Å². The van der Waals surface area contributed by atoms with Gasteiger partial charge in [0.25, 0.3) is 5.69 Å². The van der Waals surface area contributed by atoms with Crippen molar-refractivity contribution >= 4 is 52.0 Å². The Kier molecular flexibility index (Phi) is 5.86. The second-order valence-corrected chi connectivity index (χ2v) is 7.46. The molecule has 0 atom stereocenters. The fraction of sp³-hybridized carbons (Fsp3) is 0.133. The summed E-state index contributed by atoms with van der Waals surface area (Å²) in [5.74, 6) is 0.507. The Balaban J connectivity index is 1.53. The van der Waals surface area contributed by atoms with Crippen LogP contribution >= 0.6 is 34.7 Å². The number of nitrogens with zero attached hydrogens (tertiary/aromatic N) is 3. The highest BCUT2D eigenvalue weighted by molar-refractivity contribution is 7.99. The number of carbonyl (C=O) groups is 1. The monoisotopic (exact) mass is 409 g/mol. The average Bonchev–Trinajstić information content (AvgIpc) is 3.27. The number of hydrogen-bond donors (Lipinski definition) is 2. The predicted molar refractivity (Wildman–Crippen MR) is 101 cm³/mol. The average molecular weight is 410 g/mol. The van der Waals surface area contributed by atoms with Crippen LogP contribution in [0.15, 0.2) is 40.9 Å².